The van der Waals surface area contributed by atoms with Crippen molar-refractivity contribution in [1.29, 1.82) is 0 Å². The van der Waals surface area contributed by atoms with Gasteiger partial charge in [-0.05, 0) is 44.4 Å². The molecular weight excluding hydrogens is 404 g/mol. The Hall–Kier alpha value is -3.35. The number of para-hydroxylation sites is 2. The lowest BCUT2D eigenvalue weighted by molar-refractivity contribution is -0.127. The lowest BCUT2D eigenvalue weighted by atomic mass is 9.96. The SMILES string of the molecule is CCn1c(C(C)NC(=O)C2CCN(C(=O)OCc3ccccc3)CC2)nc2ccccc21. The number of nitrogens with one attached hydrogen (secondary N) is 1. The first-order valence-corrected chi connectivity index (χ1v) is 11.3. The normalized spacial score (nSPS) is 15.5. The summed E-state index contributed by atoms with van der Waals surface area (Å²) >= 11 is 0. The summed E-state index contributed by atoms with van der Waals surface area (Å²) in [7, 11) is 0. The molecule has 3 aromatic rings. The molecule has 32 heavy (non-hydrogen) atoms. The number of aromatic nitrogens is 2. The van der Waals surface area contributed by atoms with Crippen LogP contribution >= 0.6 is 0 Å². The maximum Gasteiger partial charge on any atom is 0.410 e. The van der Waals surface area contributed by atoms with Crippen LogP contribution in [0.5, 0.6) is 0 Å². The fraction of sp³-hybridized carbons (Fsp3) is 0.400. The van der Waals surface area contributed by atoms with E-state index in [1.165, 1.54) is 0 Å². The third-order valence-electron chi connectivity index (χ3n) is 6.08. The first-order valence-electron chi connectivity index (χ1n) is 11.3. The molecule has 0 aliphatic carbocycles. The van der Waals surface area contributed by atoms with Gasteiger partial charge in [0.25, 0.3) is 0 Å². The maximum atomic E-state index is 12.9. The number of carbonyl (C=O) groups excluding carboxylic acids is 2. The number of likely N-dealkylation sites (tertiary alicyclic amines) is 1. The largest absolute Gasteiger partial charge is 0.445 e. The van der Waals surface area contributed by atoms with Crippen molar-refractivity contribution in [2.24, 2.45) is 5.92 Å². The second-order valence-corrected chi connectivity index (χ2v) is 8.23. The number of hydrogen-bond acceptors (Lipinski definition) is 4. The molecular formula is C25H30N4O3. The molecule has 1 atom stereocenters. The van der Waals surface area contributed by atoms with E-state index in [0.717, 1.165) is 29.0 Å². The number of ether oxygens (including phenoxy) is 1. The van der Waals surface area contributed by atoms with Gasteiger partial charge in [0.15, 0.2) is 0 Å². The van der Waals surface area contributed by atoms with Crippen LogP contribution < -0.4 is 5.32 Å². The van der Waals surface area contributed by atoms with Crippen LogP contribution in [0.4, 0.5) is 4.79 Å². The van der Waals surface area contributed by atoms with E-state index >= 15 is 0 Å². The van der Waals surface area contributed by atoms with Gasteiger partial charge in [-0.1, -0.05) is 42.5 Å². The predicted octanol–water partition coefficient (Wildman–Crippen LogP) is 4.28. The van der Waals surface area contributed by atoms with Crippen LogP contribution in [-0.4, -0.2) is 39.5 Å². The van der Waals surface area contributed by atoms with Crippen LogP contribution in [0.2, 0.25) is 0 Å². The Morgan fingerprint density at radius 2 is 1.78 bits per heavy atom. The minimum Gasteiger partial charge on any atom is -0.445 e. The summed E-state index contributed by atoms with van der Waals surface area (Å²) in [5, 5.41) is 3.14. The van der Waals surface area contributed by atoms with Gasteiger partial charge in [0.2, 0.25) is 5.91 Å². The number of fused-ring (bicyclic) bond motifs is 1. The van der Waals surface area contributed by atoms with Crippen LogP contribution in [0.15, 0.2) is 54.6 Å². The number of aryl methyl sites for hydroxylation is 1. The molecule has 7 heteroatoms. The molecule has 1 N–H and O–H groups in total. The summed E-state index contributed by atoms with van der Waals surface area (Å²) in [4.78, 5) is 31.7. The molecule has 7 nitrogen and oxygen atoms in total. The first kappa shape index (κ1) is 21.9. The molecule has 1 unspecified atom stereocenters. The average molecular weight is 435 g/mol. The number of rotatable bonds is 6. The van der Waals surface area contributed by atoms with E-state index in [4.69, 9.17) is 9.72 Å². The average Bonchev–Trinajstić information content (AvgIpc) is 3.22. The zero-order valence-corrected chi connectivity index (χ0v) is 18.7. The molecule has 1 aliphatic rings. The van der Waals surface area contributed by atoms with Crippen LogP contribution in [0.3, 0.4) is 0 Å². The topological polar surface area (TPSA) is 76.5 Å². The summed E-state index contributed by atoms with van der Waals surface area (Å²) in [6, 6.07) is 17.5. The fourth-order valence-electron chi connectivity index (χ4n) is 4.29. The zero-order chi connectivity index (χ0) is 22.5. The smallest absolute Gasteiger partial charge is 0.410 e. The van der Waals surface area contributed by atoms with Crippen LogP contribution in [0.1, 0.15) is 44.1 Å². The van der Waals surface area contributed by atoms with Crippen molar-refractivity contribution < 1.29 is 14.3 Å². The van der Waals surface area contributed by atoms with Gasteiger partial charge in [0.05, 0.1) is 17.1 Å². The standard InChI is InChI=1S/C25H30N4O3/c1-3-29-22-12-8-7-11-21(22)27-23(29)18(2)26-24(30)20-13-15-28(16-14-20)25(31)32-17-19-9-5-4-6-10-19/h4-12,18,20H,3,13-17H2,1-2H3,(H,26,30). The van der Waals surface area contributed by atoms with Crippen LogP contribution in [0.25, 0.3) is 11.0 Å². The number of carbonyl (C=O) groups is 2. The van der Waals surface area contributed by atoms with Gasteiger partial charge < -0.3 is 19.5 Å². The highest BCUT2D eigenvalue weighted by Gasteiger charge is 2.29. The highest BCUT2D eigenvalue weighted by atomic mass is 16.6. The van der Waals surface area contributed by atoms with E-state index in [2.05, 4.69) is 22.9 Å². The van der Waals surface area contributed by atoms with Crippen molar-refractivity contribution in [1.82, 2.24) is 19.8 Å². The summed E-state index contributed by atoms with van der Waals surface area (Å²) < 4.78 is 7.56. The van der Waals surface area contributed by atoms with Crippen molar-refractivity contribution in [3.8, 4) is 0 Å². The van der Waals surface area contributed by atoms with Crippen molar-refractivity contribution in [3.05, 3.63) is 66.0 Å². The van der Waals surface area contributed by atoms with E-state index < -0.39 is 0 Å². The van der Waals surface area contributed by atoms with E-state index in [1.54, 1.807) is 4.90 Å². The molecule has 4 rings (SSSR count). The van der Waals surface area contributed by atoms with Gasteiger partial charge in [-0.3, -0.25) is 4.79 Å². The lowest BCUT2D eigenvalue weighted by Crippen LogP contribution is -2.43. The van der Waals surface area contributed by atoms with Crippen molar-refractivity contribution in [2.45, 2.75) is 45.9 Å². The fourth-order valence-corrected chi connectivity index (χ4v) is 4.29. The second-order valence-electron chi connectivity index (χ2n) is 8.23. The van der Waals surface area contributed by atoms with Crippen molar-refractivity contribution >= 4 is 23.0 Å². The summed E-state index contributed by atoms with van der Waals surface area (Å²) in [6.45, 7) is 6.15. The highest BCUT2D eigenvalue weighted by Crippen LogP contribution is 2.23. The maximum absolute atomic E-state index is 12.9. The van der Waals surface area contributed by atoms with Crippen molar-refractivity contribution in [2.75, 3.05) is 13.1 Å². The number of benzene rings is 2. The molecule has 2 heterocycles. The Labute approximate surface area is 188 Å². The number of amides is 2. The molecule has 0 spiro atoms. The minimum absolute atomic E-state index is 0.0181. The summed E-state index contributed by atoms with van der Waals surface area (Å²) in [5.74, 6) is 0.767. The van der Waals surface area contributed by atoms with E-state index in [0.29, 0.717) is 25.9 Å². The Kier molecular flexibility index (Phi) is 6.73. The second kappa shape index (κ2) is 9.85. The molecule has 0 saturated carbocycles. The van der Waals surface area contributed by atoms with Crippen molar-refractivity contribution in [3.63, 3.8) is 0 Å². The van der Waals surface area contributed by atoms with Gasteiger partial charge in [0.1, 0.15) is 12.4 Å². The third kappa shape index (κ3) is 4.77. The lowest BCUT2D eigenvalue weighted by Gasteiger charge is -2.31. The molecule has 0 radical (unpaired) electrons. The Morgan fingerprint density at radius 3 is 2.50 bits per heavy atom. The van der Waals surface area contributed by atoms with Gasteiger partial charge >= 0.3 is 6.09 Å². The van der Waals surface area contributed by atoms with E-state index in [-0.39, 0.29) is 30.6 Å². The zero-order valence-electron chi connectivity index (χ0n) is 18.7. The molecule has 2 aromatic carbocycles. The number of imidazole rings is 1. The van der Waals surface area contributed by atoms with Gasteiger partial charge in [-0.15, -0.1) is 0 Å². The molecule has 2 amide bonds. The monoisotopic (exact) mass is 434 g/mol. The van der Waals surface area contributed by atoms with Gasteiger partial charge in [0, 0.05) is 25.6 Å². The Bertz CT molecular complexity index is 1070. The van der Waals surface area contributed by atoms with E-state index in [1.807, 2.05) is 55.5 Å². The number of piperidine rings is 1. The van der Waals surface area contributed by atoms with Gasteiger partial charge in [-0.2, -0.15) is 0 Å². The first-order chi connectivity index (χ1) is 15.6. The molecule has 1 aromatic heterocycles. The molecule has 1 saturated heterocycles. The predicted molar refractivity (Wildman–Crippen MR) is 123 cm³/mol. The summed E-state index contributed by atoms with van der Waals surface area (Å²) in [5.41, 5.74) is 2.98. The van der Waals surface area contributed by atoms with Crippen LogP contribution in [-0.2, 0) is 22.7 Å². The molecule has 0 bridgehead atoms. The minimum atomic E-state index is -0.322. The summed E-state index contributed by atoms with van der Waals surface area (Å²) in [6.07, 6.45) is 0.935. The van der Waals surface area contributed by atoms with Gasteiger partial charge in [-0.25, -0.2) is 9.78 Å². The molecule has 1 fully saturated rings. The Balaban J connectivity index is 1.29. The Morgan fingerprint density at radius 1 is 1.09 bits per heavy atom. The van der Waals surface area contributed by atoms with E-state index in [9.17, 15) is 9.59 Å². The molecule has 168 valence electrons. The molecule has 1 aliphatic heterocycles. The number of nitrogens with zero attached hydrogens (tertiary/aromatic N) is 3. The number of hydrogen-bond donors (Lipinski definition) is 1. The van der Waals surface area contributed by atoms with Crippen LogP contribution in [0, 0.1) is 5.92 Å². The quantitative estimate of drug-likeness (QED) is 0.628. The highest BCUT2D eigenvalue weighted by molar-refractivity contribution is 5.80. The third-order valence-corrected chi connectivity index (χ3v) is 6.08.